The molecule has 6 nitrogen and oxygen atoms in total. The fraction of sp³-hybridized carbons (Fsp3) is 0.708. The Hall–Kier alpha value is -2.11. The number of unbranched alkanes of at least 4 members (excludes halogenated alkanes) is 1. The second-order valence-electron chi connectivity index (χ2n) is 9.93. The molecule has 0 aliphatic heterocycles. The second kappa shape index (κ2) is 9.36. The van der Waals surface area contributed by atoms with Gasteiger partial charge >= 0.3 is 0 Å². The normalized spacial score (nSPS) is 19.8. The Morgan fingerprint density at radius 1 is 1.17 bits per heavy atom. The number of amides is 2. The van der Waals surface area contributed by atoms with Gasteiger partial charge in [0.05, 0.1) is 0 Å². The lowest BCUT2D eigenvalue weighted by Gasteiger charge is -2.28. The second-order valence-corrected chi connectivity index (χ2v) is 9.93. The van der Waals surface area contributed by atoms with Crippen molar-refractivity contribution in [2.75, 3.05) is 0 Å². The molecule has 6 heteroatoms. The first-order valence-electron chi connectivity index (χ1n) is 11.6. The number of ketones is 1. The summed E-state index contributed by atoms with van der Waals surface area (Å²) in [6.07, 6.45) is 9.23. The van der Waals surface area contributed by atoms with Crippen LogP contribution in [0.25, 0.3) is 0 Å². The van der Waals surface area contributed by atoms with Gasteiger partial charge in [-0.2, -0.15) is 0 Å². The summed E-state index contributed by atoms with van der Waals surface area (Å²) in [4.78, 5) is 41.8. The average molecular weight is 416 g/mol. The quantitative estimate of drug-likeness (QED) is 0.623. The Kier molecular flexibility index (Phi) is 7.04. The van der Waals surface area contributed by atoms with Crippen molar-refractivity contribution in [2.45, 2.75) is 104 Å². The smallest absolute Gasteiger partial charge is 0.268 e. The number of fused-ring (bicyclic) bond motifs is 1. The van der Waals surface area contributed by atoms with Gasteiger partial charge in [-0.05, 0) is 43.6 Å². The maximum Gasteiger partial charge on any atom is 0.268 e. The first-order valence-corrected chi connectivity index (χ1v) is 11.6. The van der Waals surface area contributed by atoms with E-state index in [1.807, 2.05) is 6.92 Å². The molecule has 0 spiro atoms. The van der Waals surface area contributed by atoms with Crippen LogP contribution in [0.3, 0.4) is 0 Å². The van der Waals surface area contributed by atoms with Crippen molar-refractivity contribution in [1.29, 1.82) is 0 Å². The number of nitrogens with one attached hydrogen (secondary N) is 3. The first kappa shape index (κ1) is 22.6. The zero-order chi connectivity index (χ0) is 21.9. The highest BCUT2D eigenvalue weighted by Crippen LogP contribution is 2.36. The number of carbonyl (C=O) groups is 3. The zero-order valence-corrected chi connectivity index (χ0v) is 19.0. The third kappa shape index (κ3) is 5.13. The first-order chi connectivity index (χ1) is 14.2. The SMILES string of the molecule is CCCCC(NC(=O)c1[nH]c2c(c1C)C(=O)CC(C)(C)C2)C(=O)NC1CCCCC1. The van der Waals surface area contributed by atoms with Crippen molar-refractivity contribution in [1.82, 2.24) is 15.6 Å². The molecule has 1 fully saturated rings. The number of hydrogen-bond donors (Lipinski definition) is 3. The van der Waals surface area contributed by atoms with E-state index in [9.17, 15) is 14.4 Å². The van der Waals surface area contributed by atoms with Gasteiger partial charge in [0.1, 0.15) is 11.7 Å². The summed E-state index contributed by atoms with van der Waals surface area (Å²) in [5.74, 6) is -0.297. The zero-order valence-electron chi connectivity index (χ0n) is 19.0. The molecule has 3 rings (SSSR count). The molecule has 2 aliphatic carbocycles. The molecule has 0 saturated heterocycles. The lowest BCUT2D eigenvalue weighted by molar-refractivity contribution is -0.124. The van der Waals surface area contributed by atoms with E-state index in [4.69, 9.17) is 0 Å². The largest absolute Gasteiger partial charge is 0.354 e. The molecule has 1 heterocycles. The minimum atomic E-state index is -0.550. The lowest BCUT2D eigenvalue weighted by Crippen LogP contribution is -2.50. The number of aromatic nitrogens is 1. The van der Waals surface area contributed by atoms with Crippen LogP contribution in [0, 0.1) is 12.3 Å². The van der Waals surface area contributed by atoms with E-state index in [-0.39, 0.29) is 29.1 Å². The van der Waals surface area contributed by atoms with Crippen LogP contribution in [0.1, 0.15) is 111 Å². The van der Waals surface area contributed by atoms with Crippen molar-refractivity contribution < 1.29 is 14.4 Å². The van der Waals surface area contributed by atoms with E-state index in [0.717, 1.165) is 50.6 Å². The fourth-order valence-corrected chi connectivity index (χ4v) is 4.92. The van der Waals surface area contributed by atoms with Gasteiger partial charge in [0.25, 0.3) is 5.91 Å². The van der Waals surface area contributed by atoms with Gasteiger partial charge in [0.2, 0.25) is 5.91 Å². The molecule has 3 N–H and O–H groups in total. The number of H-pyrrole nitrogens is 1. The summed E-state index contributed by atoms with van der Waals surface area (Å²) in [5, 5.41) is 6.10. The van der Waals surface area contributed by atoms with Crippen LogP contribution >= 0.6 is 0 Å². The summed E-state index contributed by atoms with van der Waals surface area (Å²) in [6.45, 7) is 8.04. The minimum Gasteiger partial charge on any atom is -0.354 e. The van der Waals surface area contributed by atoms with Crippen LogP contribution in [0.4, 0.5) is 0 Å². The van der Waals surface area contributed by atoms with E-state index in [1.165, 1.54) is 6.42 Å². The van der Waals surface area contributed by atoms with Crippen molar-refractivity contribution in [3.63, 3.8) is 0 Å². The maximum atomic E-state index is 13.1. The molecule has 1 atom stereocenters. The van der Waals surface area contributed by atoms with Crippen molar-refractivity contribution in [2.24, 2.45) is 5.41 Å². The van der Waals surface area contributed by atoms with Crippen molar-refractivity contribution in [3.05, 3.63) is 22.5 Å². The summed E-state index contributed by atoms with van der Waals surface area (Å²) < 4.78 is 0. The third-order valence-corrected chi connectivity index (χ3v) is 6.55. The standard InChI is InChI=1S/C24H37N3O3/c1-5-6-12-17(22(29)25-16-10-8-7-9-11-16)27-23(30)21-15(2)20-18(26-21)13-24(3,4)14-19(20)28/h16-17,26H,5-14H2,1-4H3,(H,25,29)(H,27,30). The molecule has 0 radical (unpaired) electrons. The highest BCUT2D eigenvalue weighted by molar-refractivity contribution is 6.05. The summed E-state index contributed by atoms with van der Waals surface area (Å²) in [5.41, 5.74) is 2.51. The molecular weight excluding hydrogens is 378 g/mol. The van der Waals surface area contributed by atoms with Crippen LogP contribution < -0.4 is 10.6 Å². The average Bonchev–Trinajstić information content (AvgIpc) is 3.01. The maximum absolute atomic E-state index is 13.1. The molecule has 2 aliphatic rings. The molecule has 0 aromatic carbocycles. The van der Waals surface area contributed by atoms with E-state index in [1.54, 1.807) is 0 Å². The number of Topliss-reactive ketones (excluding diaryl/α,β-unsaturated/α-hetero) is 1. The number of carbonyl (C=O) groups excluding carboxylic acids is 3. The van der Waals surface area contributed by atoms with Crippen LogP contribution in [-0.4, -0.2) is 34.7 Å². The molecule has 30 heavy (non-hydrogen) atoms. The highest BCUT2D eigenvalue weighted by Gasteiger charge is 2.35. The highest BCUT2D eigenvalue weighted by atomic mass is 16.2. The Balaban J connectivity index is 1.74. The number of aromatic amines is 1. The predicted octanol–water partition coefficient (Wildman–Crippen LogP) is 4.22. The number of rotatable bonds is 7. The summed E-state index contributed by atoms with van der Waals surface area (Å²) in [7, 11) is 0. The Morgan fingerprint density at radius 3 is 2.53 bits per heavy atom. The van der Waals surface area contributed by atoms with Crippen LogP contribution in [-0.2, 0) is 11.2 Å². The van der Waals surface area contributed by atoms with Gasteiger partial charge in [-0.15, -0.1) is 0 Å². The Labute approximate surface area is 180 Å². The molecule has 1 unspecified atom stereocenters. The Morgan fingerprint density at radius 2 is 1.87 bits per heavy atom. The molecule has 1 saturated carbocycles. The van der Waals surface area contributed by atoms with E-state index in [0.29, 0.717) is 29.7 Å². The monoisotopic (exact) mass is 415 g/mol. The van der Waals surface area contributed by atoms with Gasteiger partial charge < -0.3 is 15.6 Å². The van der Waals surface area contributed by atoms with Crippen LogP contribution in [0.5, 0.6) is 0 Å². The molecule has 2 amide bonds. The summed E-state index contributed by atoms with van der Waals surface area (Å²) >= 11 is 0. The van der Waals surface area contributed by atoms with Crippen LogP contribution in [0.15, 0.2) is 0 Å². The van der Waals surface area contributed by atoms with Crippen molar-refractivity contribution >= 4 is 17.6 Å². The molecule has 1 aromatic heterocycles. The molecule has 166 valence electrons. The van der Waals surface area contributed by atoms with E-state index >= 15 is 0 Å². The molecule has 0 bridgehead atoms. The van der Waals surface area contributed by atoms with Gasteiger partial charge in [-0.3, -0.25) is 14.4 Å². The fourth-order valence-electron chi connectivity index (χ4n) is 4.92. The van der Waals surface area contributed by atoms with Crippen molar-refractivity contribution in [3.8, 4) is 0 Å². The topological polar surface area (TPSA) is 91.1 Å². The number of hydrogen-bond acceptors (Lipinski definition) is 3. The molecule has 1 aromatic rings. The third-order valence-electron chi connectivity index (χ3n) is 6.55. The van der Waals surface area contributed by atoms with Gasteiger partial charge in [-0.1, -0.05) is 52.9 Å². The van der Waals surface area contributed by atoms with Gasteiger partial charge in [0, 0.05) is 23.7 Å². The Bertz CT molecular complexity index is 803. The van der Waals surface area contributed by atoms with Crippen LogP contribution in [0.2, 0.25) is 0 Å². The van der Waals surface area contributed by atoms with E-state index in [2.05, 4.69) is 36.4 Å². The molecular formula is C24H37N3O3. The van der Waals surface area contributed by atoms with Gasteiger partial charge in [-0.25, -0.2) is 0 Å². The lowest BCUT2D eigenvalue weighted by atomic mass is 9.75. The predicted molar refractivity (Wildman–Crippen MR) is 118 cm³/mol. The van der Waals surface area contributed by atoms with Gasteiger partial charge in [0.15, 0.2) is 5.78 Å². The van der Waals surface area contributed by atoms with E-state index < -0.39 is 6.04 Å². The summed E-state index contributed by atoms with van der Waals surface area (Å²) in [6, 6.07) is -0.335. The minimum absolute atomic E-state index is 0.0881.